The van der Waals surface area contributed by atoms with E-state index in [-0.39, 0.29) is 5.82 Å². The summed E-state index contributed by atoms with van der Waals surface area (Å²) >= 11 is 1.55. The van der Waals surface area contributed by atoms with Crippen LogP contribution in [0, 0.1) is 12.7 Å². The van der Waals surface area contributed by atoms with Crippen LogP contribution in [-0.2, 0) is 0 Å². The number of nitrogens with zero attached hydrogens (tertiary/aromatic N) is 4. The predicted molar refractivity (Wildman–Crippen MR) is 119 cm³/mol. The molecule has 0 radical (unpaired) electrons. The van der Waals surface area contributed by atoms with Gasteiger partial charge in [0.25, 0.3) is 5.95 Å². The van der Waals surface area contributed by atoms with Crippen molar-refractivity contribution in [2.45, 2.75) is 31.2 Å². The van der Waals surface area contributed by atoms with Crippen LogP contribution in [0.5, 0.6) is 11.5 Å². The van der Waals surface area contributed by atoms with E-state index in [9.17, 15) is 4.39 Å². The molecule has 2 aromatic heterocycles. The van der Waals surface area contributed by atoms with Gasteiger partial charge in [-0.25, -0.2) is 4.39 Å². The third-order valence-electron chi connectivity index (χ3n) is 4.83. The summed E-state index contributed by atoms with van der Waals surface area (Å²) < 4.78 is 26.6. The van der Waals surface area contributed by atoms with E-state index in [0.717, 1.165) is 27.7 Å². The SMILES string of the molecule is COc1cc2cc(C)[n+](-c3nnc(SC(C)C)[n-]3)c(-c3ccc(F)cc3)c2cc1OC. The molecule has 2 heterocycles. The van der Waals surface area contributed by atoms with E-state index in [4.69, 9.17) is 9.47 Å². The number of halogens is 1. The highest BCUT2D eigenvalue weighted by Crippen LogP contribution is 2.36. The maximum Gasteiger partial charge on any atom is 0.256 e. The minimum atomic E-state index is -0.298. The quantitative estimate of drug-likeness (QED) is 0.326. The largest absolute Gasteiger partial charge is 0.493 e. The summed E-state index contributed by atoms with van der Waals surface area (Å²) in [5.74, 6) is 1.41. The molecule has 31 heavy (non-hydrogen) atoms. The van der Waals surface area contributed by atoms with Crippen LogP contribution in [-0.4, -0.2) is 29.7 Å². The molecule has 0 spiro atoms. The third-order valence-corrected chi connectivity index (χ3v) is 5.69. The van der Waals surface area contributed by atoms with Crippen molar-refractivity contribution in [1.29, 1.82) is 0 Å². The van der Waals surface area contributed by atoms with E-state index in [0.29, 0.717) is 27.9 Å². The van der Waals surface area contributed by atoms with Gasteiger partial charge in [0.1, 0.15) is 5.82 Å². The number of hydrogen-bond donors (Lipinski definition) is 0. The molecule has 8 heteroatoms. The first-order valence-electron chi connectivity index (χ1n) is 9.83. The van der Waals surface area contributed by atoms with Crippen LogP contribution in [0.1, 0.15) is 19.5 Å². The van der Waals surface area contributed by atoms with Gasteiger partial charge in [0.2, 0.25) is 5.16 Å². The van der Waals surface area contributed by atoms with Crippen molar-refractivity contribution >= 4 is 22.5 Å². The zero-order valence-electron chi connectivity index (χ0n) is 18.0. The van der Waals surface area contributed by atoms with Crippen LogP contribution >= 0.6 is 11.8 Å². The summed E-state index contributed by atoms with van der Waals surface area (Å²) in [6.07, 6.45) is 0. The smallest absolute Gasteiger partial charge is 0.256 e. The Bertz CT molecular complexity index is 1240. The maximum atomic E-state index is 13.7. The van der Waals surface area contributed by atoms with E-state index in [1.54, 1.807) is 38.1 Å². The van der Waals surface area contributed by atoms with E-state index in [1.807, 2.05) is 29.7 Å². The molecule has 0 aliphatic rings. The number of hydrogen-bond acceptors (Lipinski definition) is 5. The summed E-state index contributed by atoms with van der Waals surface area (Å²) in [6.45, 7) is 6.15. The second-order valence-electron chi connectivity index (χ2n) is 7.33. The molecule has 4 rings (SSSR count). The third kappa shape index (κ3) is 4.07. The van der Waals surface area contributed by atoms with Gasteiger partial charge in [-0.2, -0.15) is 4.98 Å². The molecule has 0 unspecified atom stereocenters. The number of ether oxygens (including phenoxy) is 2. The number of aromatic nitrogens is 4. The second-order valence-corrected chi connectivity index (χ2v) is 8.88. The van der Waals surface area contributed by atoms with E-state index in [2.05, 4.69) is 29.0 Å². The fourth-order valence-corrected chi connectivity index (χ4v) is 4.17. The number of thioether (sulfide) groups is 1. The van der Waals surface area contributed by atoms with Gasteiger partial charge in [-0.1, -0.05) is 25.6 Å². The second kappa shape index (κ2) is 8.55. The Morgan fingerprint density at radius 2 is 1.68 bits per heavy atom. The van der Waals surface area contributed by atoms with Crippen molar-refractivity contribution in [2.75, 3.05) is 14.2 Å². The van der Waals surface area contributed by atoms with Crippen LogP contribution in [0.4, 0.5) is 4.39 Å². The summed E-state index contributed by atoms with van der Waals surface area (Å²) in [4.78, 5) is 4.64. The van der Waals surface area contributed by atoms with Crippen molar-refractivity contribution in [3.63, 3.8) is 0 Å². The highest BCUT2D eigenvalue weighted by molar-refractivity contribution is 7.99. The minimum absolute atomic E-state index is 0.298. The normalized spacial score (nSPS) is 11.3. The lowest BCUT2D eigenvalue weighted by molar-refractivity contribution is -0.598. The van der Waals surface area contributed by atoms with Crippen LogP contribution in [0.2, 0.25) is 0 Å². The molecule has 0 N–H and O–H groups in total. The van der Waals surface area contributed by atoms with Crippen molar-refractivity contribution < 1.29 is 18.4 Å². The molecule has 0 aliphatic carbocycles. The number of aryl methyl sites for hydroxylation is 1. The number of rotatable bonds is 6. The van der Waals surface area contributed by atoms with Gasteiger partial charge in [0.05, 0.1) is 19.9 Å². The predicted octanol–water partition coefficient (Wildman–Crippen LogP) is 4.50. The first-order chi connectivity index (χ1) is 14.9. The Balaban J connectivity index is 2.04. The standard InChI is InChI=1S/C23H23FN4O2S/c1-13(2)31-23-25-22(26-27-23)28-14(3)10-16-11-19(29-4)20(30-5)12-18(16)21(28)15-6-8-17(24)9-7-15/h6-13H,1-5H3. The van der Waals surface area contributed by atoms with Gasteiger partial charge < -0.3 is 9.47 Å². The van der Waals surface area contributed by atoms with Gasteiger partial charge in [-0.15, -0.1) is 10.2 Å². The summed E-state index contributed by atoms with van der Waals surface area (Å²) in [5.41, 5.74) is 2.56. The lowest BCUT2D eigenvalue weighted by atomic mass is 10.0. The first kappa shape index (κ1) is 21.1. The van der Waals surface area contributed by atoms with Gasteiger partial charge in [0.15, 0.2) is 11.5 Å². The lowest BCUT2D eigenvalue weighted by Gasteiger charge is -2.19. The molecule has 0 fully saturated rings. The van der Waals surface area contributed by atoms with Crippen LogP contribution in [0.15, 0.2) is 47.6 Å². The van der Waals surface area contributed by atoms with Crippen LogP contribution in [0.3, 0.4) is 0 Å². The minimum Gasteiger partial charge on any atom is -0.493 e. The van der Waals surface area contributed by atoms with Gasteiger partial charge in [0, 0.05) is 16.3 Å². The first-order valence-corrected chi connectivity index (χ1v) is 10.7. The number of benzene rings is 2. The average Bonchev–Trinajstić information content (AvgIpc) is 3.19. The Kier molecular flexibility index (Phi) is 5.82. The zero-order chi connectivity index (χ0) is 22.1. The van der Waals surface area contributed by atoms with Gasteiger partial charge in [-0.05, 0) is 60.3 Å². The molecule has 0 saturated heterocycles. The van der Waals surface area contributed by atoms with E-state index < -0.39 is 0 Å². The summed E-state index contributed by atoms with van der Waals surface area (Å²) in [6, 6.07) is 12.3. The Morgan fingerprint density at radius 3 is 2.32 bits per heavy atom. The summed E-state index contributed by atoms with van der Waals surface area (Å²) in [5, 5.41) is 11.4. The van der Waals surface area contributed by atoms with E-state index in [1.165, 1.54) is 12.1 Å². The monoisotopic (exact) mass is 438 g/mol. The fraction of sp³-hybridized carbons (Fsp3) is 0.261. The number of pyridine rings is 1. The molecule has 0 atom stereocenters. The lowest BCUT2D eigenvalue weighted by Crippen LogP contribution is -2.39. The molecule has 0 bridgehead atoms. The molecule has 0 saturated carbocycles. The van der Waals surface area contributed by atoms with Gasteiger partial charge >= 0.3 is 0 Å². The Labute approximate surface area is 184 Å². The highest BCUT2D eigenvalue weighted by atomic mass is 32.2. The molecule has 2 aromatic carbocycles. The highest BCUT2D eigenvalue weighted by Gasteiger charge is 2.19. The molecule has 6 nitrogen and oxygen atoms in total. The van der Waals surface area contributed by atoms with Crippen molar-refractivity contribution in [1.82, 2.24) is 15.2 Å². The molecule has 160 valence electrons. The summed E-state index contributed by atoms with van der Waals surface area (Å²) in [7, 11) is 3.21. The van der Waals surface area contributed by atoms with E-state index >= 15 is 0 Å². The van der Waals surface area contributed by atoms with Crippen molar-refractivity contribution in [3.8, 4) is 28.7 Å². The fourth-order valence-electron chi connectivity index (χ4n) is 3.53. The average molecular weight is 439 g/mol. The van der Waals surface area contributed by atoms with Gasteiger partial charge in [-0.3, -0.25) is 4.57 Å². The van der Waals surface area contributed by atoms with Crippen molar-refractivity contribution in [2.24, 2.45) is 0 Å². The molecular formula is C23H23FN4O2S. The molecule has 0 amide bonds. The molecular weight excluding hydrogens is 415 g/mol. The molecule has 4 aromatic rings. The number of methoxy groups -OCH3 is 2. The zero-order valence-corrected chi connectivity index (χ0v) is 18.8. The Hall–Kier alpha value is -3.13. The number of fused-ring (bicyclic) bond motifs is 1. The van der Waals surface area contributed by atoms with Crippen LogP contribution in [0.25, 0.3) is 28.0 Å². The topological polar surface area (TPSA) is 62.2 Å². The maximum absolute atomic E-state index is 13.7. The molecule has 0 aliphatic heterocycles. The van der Waals surface area contributed by atoms with Crippen molar-refractivity contribution in [3.05, 3.63) is 54.0 Å². The Morgan fingerprint density at radius 1 is 1.00 bits per heavy atom. The van der Waals surface area contributed by atoms with Crippen LogP contribution < -0.4 is 19.0 Å².